The molecule has 0 aliphatic heterocycles. The van der Waals surface area contributed by atoms with Crippen LogP contribution >= 0.6 is 15.9 Å². The Labute approximate surface area is 133 Å². The summed E-state index contributed by atoms with van der Waals surface area (Å²) in [6, 6.07) is 7.98. The molecule has 1 aromatic heterocycles. The van der Waals surface area contributed by atoms with E-state index in [1.54, 1.807) is 0 Å². The molecule has 0 N–H and O–H groups in total. The van der Waals surface area contributed by atoms with Gasteiger partial charge in [0, 0.05) is 16.6 Å². The van der Waals surface area contributed by atoms with Gasteiger partial charge in [-0.25, -0.2) is 4.68 Å². The molecule has 1 aliphatic carbocycles. The number of hydrogen-bond donors (Lipinski definition) is 0. The van der Waals surface area contributed by atoms with Crippen molar-refractivity contribution in [3.8, 4) is 5.69 Å². The second kappa shape index (κ2) is 6.56. The third-order valence-electron chi connectivity index (χ3n) is 4.21. The Kier molecular flexibility index (Phi) is 4.54. The molecule has 1 saturated carbocycles. The highest BCUT2D eigenvalue weighted by molar-refractivity contribution is 9.10. The fourth-order valence-electron chi connectivity index (χ4n) is 3.11. The highest BCUT2D eigenvalue weighted by atomic mass is 79.9. The normalized spacial score (nSPS) is 16.6. The molecule has 1 fully saturated rings. The van der Waals surface area contributed by atoms with Gasteiger partial charge < -0.3 is 0 Å². The van der Waals surface area contributed by atoms with Crippen LogP contribution in [0.25, 0.3) is 5.69 Å². The second-order valence-electron chi connectivity index (χ2n) is 5.70. The number of aromatic nitrogens is 2. The van der Waals surface area contributed by atoms with Crippen LogP contribution in [-0.2, 0) is 0 Å². The van der Waals surface area contributed by atoms with E-state index in [-0.39, 0.29) is 0 Å². The first-order valence-corrected chi connectivity index (χ1v) is 8.38. The minimum Gasteiger partial charge on any atom is -0.298 e. The van der Waals surface area contributed by atoms with E-state index in [0.29, 0.717) is 5.92 Å². The zero-order valence-corrected chi connectivity index (χ0v) is 13.6. The Morgan fingerprint density at radius 2 is 1.95 bits per heavy atom. The molecule has 0 saturated heterocycles. The van der Waals surface area contributed by atoms with Crippen molar-refractivity contribution >= 4 is 22.2 Å². The van der Waals surface area contributed by atoms with E-state index in [0.717, 1.165) is 40.5 Å². The molecule has 4 heteroatoms. The smallest absolute Gasteiger partial charge is 0.153 e. The molecule has 2 aromatic rings. The van der Waals surface area contributed by atoms with Gasteiger partial charge in [0.05, 0.1) is 16.9 Å². The van der Waals surface area contributed by atoms with Gasteiger partial charge in [0.1, 0.15) is 0 Å². The fraction of sp³-hybridized carbons (Fsp3) is 0.412. The van der Waals surface area contributed by atoms with Crippen LogP contribution in [0, 0.1) is 0 Å². The standard InChI is InChI=1S/C17H19BrN2O/c18-15-8-5-9-16(10-15)20-11-14(12-21)17(19-20)13-6-3-1-2-4-7-13/h5,8-13H,1-4,6-7H2. The van der Waals surface area contributed by atoms with Crippen LogP contribution in [0.5, 0.6) is 0 Å². The number of aldehydes is 1. The molecule has 21 heavy (non-hydrogen) atoms. The van der Waals surface area contributed by atoms with Crippen molar-refractivity contribution in [1.29, 1.82) is 0 Å². The number of hydrogen-bond acceptors (Lipinski definition) is 2. The predicted octanol–water partition coefficient (Wildman–Crippen LogP) is 4.89. The maximum atomic E-state index is 11.4. The number of carbonyl (C=O) groups is 1. The SMILES string of the molecule is O=Cc1cn(-c2cccc(Br)c2)nc1C1CCCCCC1. The van der Waals surface area contributed by atoms with Crippen molar-refractivity contribution < 1.29 is 4.79 Å². The maximum absolute atomic E-state index is 11.4. The van der Waals surface area contributed by atoms with Crippen LogP contribution in [0.2, 0.25) is 0 Å². The Hall–Kier alpha value is -1.42. The zero-order chi connectivity index (χ0) is 14.7. The van der Waals surface area contributed by atoms with Crippen LogP contribution in [0.1, 0.15) is 60.5 Å². The van der Waals surface area contributed by atoms with Gasteiger partial charge in [0.25, 0.3) is 0 Å². The molecule has 110 valence electrons. The van der Waals surface area contributed by atoms with E-state index >= 15 is 0 Å². The van der Waals surface area contributed by atoms with E-state index in [2.05, 4.69) is 15.9 Å². The lowest BCUT2D eigenvalue weighted by Gasteiger charge is -2.11. The van der Waals surface area contributed by atoms with Gasteiger partial charge in [-0.2, -0.15) is 5.10 Å². The molecule has 0 atom stereocenters. The Balaban J connectivity index is 1.95. The van der Waals surface area contributed by atoms with Crippen LogP contribution in [0.15, 0.2) is 34.9 Å². The number of halogens is 1. The minimum absolute atomic E-state index is 0.432. The van der Waals surface area contributed by atoms with Crippen molar-refractivity contribution in [1.82, 2.24) is 9.78 Å². The average molecular weight is 347 g/mol. The molecular formula is C17H19BrN2O. The van der Waals surface area contributed by atoms with Crippen LogP contribution < -0.4 is 0 Å². The Morgan fingerprint density at radius 1 is 1.19 bits per heavy atom. The lowest BCUT2D eigenvalue weighted by molar-refractivity contribution is 0.112. The first kappa shape index (κ1) is 14.5. The number of rotatable bonds is 3. The summed E-state index contributed by atoms with van der Waals surface area (Å²) in [6.45, 7) is 0. The Morgan fingerprint density at radius 3 is 2.62 bits per heavy atom. The molecule has 0 radical (unpaired) electrons. The summed E-state index contributed by atoms with van der Waals surface area (Å²) >= 11 is 3.48. The van der Waals surface area contributed by atoms with E-state index in [1.807, 2.05) is 35.1 Å². The van der Waals surface area contributed by atoms with Crippen molar-refractivity contribution in [2.45, 2.75) is 44.4 Å². The average Bonchev–Trinajstić information content (AvgIpc) is 2.74. The summed E-state index contributed by atoms with van der Waals surface area (Å²) in [5, 5.41) is 4.72. The lowest BCUT2D eigenvalue weighted by Crippen LogP contribution is -2.02. The van der Waals surface area contributed by atoms with E-state index in [4.69, 9.17) is 5.10 Å². The highest BCUT2D eigenvalue weighted by Gasteiger charge is 2.21. The fourth-order valence-corrected chi connectivity index (χ4v) is 3.50. The summed E-state index contributed by atoms with van der Waals surface area (Å²) in [5.74, 6) is 0.432. The van der Waals surface area contributed by atoms with Gasteiger partial charge in [-0.05, 0) is 31.0 Å². The lowest BCUT2D eigenvalue weighted by atomic mass is 9.94. The van der Waals surface area contributed by atoms with Gasteiger partial charge in [0.15, 0.2) is 6.29 Å². The summed E-state index contributed by atoms with van der Waals surface area (Å²) in [5.41, 5.74) is 2.70. The summed E-state index contributed by atoms with van der Waals surface area (Å²) in [4.78, 5) is 11.4. The molecule has 3 nitrogen and oxygen atoms in total. The monoisotopic (exact) mass is 346 g/mol. The first-order chi connectivity index (χ1) is 10.3. The zero-order valence-electron chi connectivity index (χ0n) is 12.0. The molecular weight excluding hydrogens is 328 g/mol. The molecule has 1 aromatic carbocycles. The minimum atomic E-state index is 0.432. The molecule has 1 heterocycles. The van der Waals surface area contributed by atoms with Crippen molar-refractivity contribution in [3.05, 3.63) is 46.2 Å². The van der Waals surface area contributed by atoms with Crippen molar-refractivity contribution in [2.24, 2.45) is 0 Å². The number of nitrogens with zero attached hydrogens (tertiary/aromatic N) is 2. The van der Waals surface area contributed by atoms with Crippen molar-refractivity contribution in [2.75, 3.05) is 0 Å². The molecule has 1 aliphatic rings. The van der Waals surface area contributed by atoms with E-state index in [1.165, 1.54) is 25.7 Å². The van der Waals surface area contributed by atoms with Gasteiger partial charge in [-0.3, -0.25) is 4.79 Å². The van der Waals surface area contributed by atoms with Crippen LogP contribution in [-0.4, -0.2) is 16.1 Å². The maximum Gasteiger partial charge on any atom is 0.153 e. The second-order valence-corrected chi connectivity index (χ2v) is 6.62. The topological polar surface area (TPSA) is 34.9 Å². The Bertz CT molecular complexity index is 627. The third kappa shape index (κ3) is 3.26. The number of carbonyl (C=O) groups excluding carboxylic acids is 1. The summed E-state index contributed by atoms with van der Waals surface area (Å²) < 4.78 is 2.84. The van der Waals surface area contributed by atoms with Gasteiger partial charge >= 0.3 is 0 Å². The summed E-state index contributed by atoms with van der Waals surface area (Å²) in [7, 11) is 0. The predicted molar refractivity (Wildman–Crippen MR) is 87.1 cm³/mol. The van der Waals surface area contributed by atoms with Gasteiger partial charge in [0.2, 0.25) is 0 Å². The van der Waals surface area contributed by atoms with Gasteiger partial charge in [-0.1, -0.05) is 47.7 Å². The first-order valence-electron chi connectivity index (χ1n) is 7.58. The molecule has 3 rings (SSSR count). The van der Waals surface area contributed by atoms with Gasteiger partial charge in [-0.15, -0.1) is 0 Å². The molecule has 0 amide bonds. The third-order valence-corrected chi connectivity index (χ3v) is 4.71. The molecule has 0 spiro atoms. The quantitative estimate of drug-likeness (QED) is 0.586. The van der Waals surface area contributed by atoms with Crippen LogP contribution in [0.3, 0.4) is 0 Å². The largest absolute Gasteiger partial charge is 0.298 e. The molecule has 0 unspecified atom stereocenters. The molecule has 0 bridgehead atoms. The van der Waals surface area contributed by atoms with E-state index in [9.17, 15) is 4.79 Å². The van der Waals surface area contributed by atoms with Crippen LogP contribution in [0.4, 0.5) is 0 Å². The number of benzene rings is 1. The highest BCUT2D eigenvalue weighted by Crippen LogP contribution is 2.32. The van der Waals surface area contributed by atoms with Crippen molar-refractivity contribution in [3.63, 3.8) is 0 Å². The summed E-state index contributed by atoms with van der Waals surface area (Å²) in [6.07, 6.45) is 10.2. The van der Waals surface area contributed by atoms with E-state index < -0.39 is 0 Å².